The Bertz CT molecular complexity index is 417. The average Bonchev–Trinajstić information content (AvgIpc) is 2.41. The molecule has 1 fully saturated rings. The van der Waals surface area contributed by atoms with Crippen LogP contribution in [-0.2, 0) is 0 Å². The first-order chi connectivity index (χ1) is 9.49. The average molecular weight is 290 g/mol. The van der Waals surface area contributed by atoms with Gasteiger partial charge in [-0.1, -0.05) is 12.1 Å². The van der Waals surface area contributed by atoms with Crippen LogP contribution >= 0.6 is 0 Å². The van der Waals surface area contributed by atoms with Crippen LogP contribution in [0.15, 0.2) is 24.3 Å². The largest absolute Gasteiger partial charge is 0.573 e. The number of rotatable bonds is 4. The van der Waals surface area contributed by atoms with Crippen molar-refractivity contribution in [1.29, 1.82) is 0 Å². The second kappa shape index (κ2) is 6.43. The molecule has 2 N–H and O–H groups in total. The lowest BCUT2D eigenvalue weighted by Gasteiger charge is -2.34. The van der Waals surface area contributed by atoms with Crippen molar-refractivity contribution in [2.75, 3.05) is 32.8 Å². The molecule has 7 heteroatoms. The van der Waals surface area contributed by atoms with Crippen LogP contribution in [0, 0.1) is 0 Å². The van der Waals surface area contributed by atoms with Gasteiger partial charge in [0.1, 0.15) is 5.75 Å². The molecule has 0 aliphatic carbocycles. The van der Waals surface area contributed by atoms with E-state index in [4.69, 9.17) is 0 Å². The van der Waals surface area contributed by atoms with Gasteiger partial charge in [0.05, 0.1) is 12.6 Å². The Morgan fingerprint density at radius 1 is 1.20 bits per heavy atom. The molecule has 2 rings (SSSR count). The number of halogens is 3. The Balaban J connectivity index is 2.06. The highest BCUT2D eigenvalue weighted by Crippen LogP contribution is 2.26. The normalized spacial score (nSPS) is 18.8. The molecule has 0 bridgehead atoms. The van der Waals surface area contributed by atoms with E-state index in [1.165, 1.54) is 12.1 Å². The standard InChI is InChI=1S/C13H17F3N2O2/c14-13(15,16)20-11-3-1-10(2-4-11)12(9-19)18-7-5-17-6-8-18/h1-4,12,17,19H,5-9H2/t12-/m0/s1. The fourth-order valence-electron chi connectivity index (χ4n) is 2.32. The Labute approximate surface area is 115 Å². The van der Waals surface area contributed by atoms with Gasteiger partial charge >= 0.3 is 6.36 Å². The van der Waals surface area contributed by atoms with Crippen molar-refractivity contribution < 1.29 is 23.0 Å². The number of benzene rings is 1. The molecule has 0 aromatic heterocycles. The van der Waals surface area contributed by atoms with Crippen LogP contribution < -0.4 is 10.1 Å². The summed E-state index contributed by atoms with van der Waals surface area (Å²) in [5.74, 6) is -0.252. The molecule has 1 heterocycles. The van der Waals surface area contributed by atoms with Crippen molar-refractivity contribution in [2.45, 2.75) is 12.4 Å². The molecule has 1 atom stereocenters. The van der Waals surface area contributed by atoms with E-state index in [1.807, 2.05) is 0 Å². The minimum absolute atomic E-state index is 0.0700. The van der Waals surface area contributed by atoms with E-state index in [9.17, 15) is 18.3 Å². The van der Waals surface area contributed by atoms with Crippen LogP contribution in [0.1, 0.15) is 11.6 Å². The second-order valence-corrected chi connectivity index (χ2v) is 4.60. The Hall–Kier alpha value is -1.31. The minimum Gasteiger partial charge on any atom is -0.406 e. The predicted octanol–water partition coefficient (Wildman–Crippen LogP) is 1.52. The fourth-order valence-corrected chi connectivity index (χ4v) is 2.32. The third-order valence-electron chi connectivity index (χ3n) is 3.26. The summed E-state index contributed by atoms with van der Waals surface area (Å²) in [5, 5.41) is 12.7. The number of aliphatic hydroxyl groups is 1. The zero-order valence-corrected chi connectivity index (χ0v) is 10.9. The van der Waals surface area contributed by atoms with Crippen molar-refractivity contribution >= 4 is 0 Å². The number of aliphatic hydroxyl groups excluding tert-OH is 1. The third-order valence-corrected chi connectivity index (χ3v) is 3.26. The predicted molar refractivity (Wildman–Crippen MR) is 67.4 cm³/mol. The molecule has 4 nitrogen and oxygen atoms in total. The van der Waals surface area contributed by atoms with E-state index in [2.05, 4.69) is 15.0 Å². The van der Waals surface area contributed by atoms with Crippen molar-refractivity contribution in [3.05, 3.63) is 29.8 Å². The van der Waals surface area contributed by atoms with E-state index in [0.717, 1.165) is 31.7 Å². The van der Waals surface area contributed by atoms with Gasteiger partial charge in [-0.05, 0) is 17.7 Å². The lowest BCUT2D eigenvalue weighted by molar-refractivity contribution is -0.274. The maximum Gasteiger partial charge on any atom is 0.573 e. The lowest BCUT2D eigenvalue weighted by Crippen LogP contribution is -2.46. The van der Waals surface area contributed by atoms with Gasteiger partial charge in [0.2, 0.25) is 0 Å². The molecule has 0 saturated carbocycles. The summed E-state index contributed by atoms with van der Waals surface area (Å²) < 4.78 is 40.1. The number of piperazine rings is 1. The number of nitrogens with one attached hydrogen (secondary N) is 1. The molecule has 0 spiro atoms. The van der Waals surface area contributed by atoms with Gasteiger partial charge in [-0.2, -0.15) is 0 Å². The summed E-state index contributed by atoms with van der Waals surface area (Å²) in [6.45, 7) is 3.20. The van der Waals surface area contributed by atoms with Gasteiger partial charge in [0.15, 0.2) is 0 Å². The molecule has 0 radical (unpaired) electrons. The molecule has 0 amide bonds. The van der Waals surface area contributed by atoms with Crippen LogP contribution in [0.25, 0.3) is 0 Å². The maximum atomic E-state index is 12.1. The van der Waals surface area contributed by atoms with Crippen LogP contribution in [-0.4, -0.2) is 49.2 Å². The molecule has 20 heavy (non-hydrogen) atoms. The number of nitrogens with zero attached hydrogens (tertiary/aromatic N) is 1. The number of hydrogen-bond acceptors (Lipinski definition) is 4. The first kappa shape index (κ1) is 15.1. The zero-order chi connectivity index (χ0) is 14.6. The lowest BCUT2D eigenvalue weighted by atomic mass is 10.1. The number of ether oxygens (including phenoxy) is 1. The van der Waals surface area contributed by atoms with Crippen LogP contribution in [0.2, 0.25) is 0 Å². The van der Waals surface area contributed by atoms with Gasteiger partial charge in [0.25, 0.3) is 0 Å². The van der Waals surface area contributed by atoms with Gasteiger partial charge in [-0.15, -0.1) is 13.2 Å². The van der Waals surface area contributed by atoms with Crippen molar-refractivity contribution in [2.24, 2.45) is 0 Å². The molecular weight excluding hydrogens is 273 g/mol. The van der Waals surface area contributed by atoms with Gasteiger partial charge < -0.3 is 15.2 Å². The summed E-state index contributed by atoms with van der Waals surface area (Å²) in [5.41, 5.74) is 0.781. The monoisotopic (exact) mass is 290 g/mol. The van der Waals surface area contributed by atoms with Crippen molar-refractivity contribution in [3.63, 3.8) is 0 Å². The Kier molecular flexibility index (Phi) is 4.85. The molecule has 1 aliphatic rings. The summed E-state index contributed by atoms with van der Waals surface area (Å²) >= 11 is 0. The third kappa shape index (κ3) is 4.09. The first-order valence-corrected chi connectivity index (χ1v) is 6.41. The fraction of sp³-hybridized carbons (Fsp3) is 0.538. The highest BCUT2D eigenvalue weighted by atomic mass is 19.4. The summed E-state index contributed by atoms with van der Waals surface area (Å²) in [6, 6.07) is 5.46. The van der Waals surface area contributed by atoms with E-state index in [0.29, 0.717) is 0 Å². The quantitative estimate of drug-likeness (QED) is 0.882. The Morgan fingerprint density at radius 2 is 1.80 bits per heavy atom. The number of alkyl halides is 3. The molecule has 0 unspecified atom stereocenters. The van der Waals surface area contributed by atoms with E-state index < -0.39 is 6.36 Å². The molecule has 1 aromatic rings. The summed E-state index contributed by atoms with van der Waals surface area (Å²) in [7, 11) is 0. The maximum absolute atomic E-state index is 12.1. The topological polar surface area (TPSA) is 44.7 Å². The van der Waals surface area contributed by atoms with Crippen LogP contribution in [0.5, 0.6) is 5.75 Å². The Morgan fingerprint density at radius 3 is 2.30 bits per heavy atom. The summed E-state index contributed by atoms with van der Waals surface area (Å²) in [6.07, 6.45) is -4.68. The van der Waals surface area contributed by atoms with E-state index >= 15 is 0 Å². The molecule has 1 aliphatic heterocycles. The van der Waals surface area contributed by atoms with Gasteiger partial charge in [-0.25, -0.2) is 0 Å². The second-order valence-electron chi connectivity index (χ2n) is 4.60. The van der Waals surface area contributed by atoms with Gasteiger partial charge in [0, 0.05) is 26.2 Å². The SMILES string of the molecule is OC[C@@H](c1ccc(OC(F)(F)F)cc1)N1CCNCC1. The van der Waals surface area contributed by atoms with Gasteiger partial charge in [-0.3, -0.25) is 4.90 Å². The van der Waals surface area contributed by atoms with E-state index in [1.54, 1.807) is 12.1 Å². The molecule has 1 saturated heterocycles. The smallest absolute Gasteiger partial charge is 0.406 e. The molecular formula is C13H17F3N2O2. The van der Waals surface area contributed by atoms with Crippen LogP contribution in [0.4, 0.5) is 13.2 Å². The minimum atomic E-state index is -4.68. The summed E-state index contributed by atoms with van der Waals surface area (Å²) in [4.78, 5) is 2.11. The van der Waals surface area contributed by atoms with Crippen molar-refractivity contribution in [1.82, 2.24) is 10.2 Å². The molecule has 1 aromatic carbocycles. The molecule has 112 valence electrons. The highest BCUT2D eigenvalue weighted by Gasteiger charge is 2.31. The zero-order valence-electron chi connectivity index (χ0n) is 10.9. The van der Waals surface area contributed by atoms with Crippen molar-refractivity contribution in [3.8, 4) is 5.75 Å². The first-order valence-electron chi connectivity index (χ1n) is 6.41. The van der Waals surface area contributed by atoms with Crippen LogP contribution in [0.3, 0.4) is 0 Å². The number of hydrogen-bond donors (Lipinski definition) is 2. The highest BCUT2D eigenvalue weighted by molar-refractivity contribution is 5.29. The van der Waals surface area contributed by atoms with E-state index in [-0.39, 0.29) is 18.4 Å².